The van der Waals surface area contributed by atoms with Gasteiger partial charge in [0.15, 0.2) is 17.2 Å². The lowest BCUT2D eigenvalue weighted by Gasteiger charge is -2.22. The van der Waals surface area contributed by atoms with Crippen LogP contribution >= 0.6 is 23.2 Å². The van der Waals surface area contributed by atoms with Crippen LogP contribution < -0.4 is 14.8 Å². The molecular weight excluding hydrogens is 493 g/mol. The number of ether oxygens (including phenoxy) is 3. The van der Waals surface area contributed by atoms with E-state index in [1.165, 1.54) is 6.26 Å². The molecule has 1 aromatic heterocycles. The maximum Gasteiger partial charge on any atom is 0.273 e. The molecule has 5 rings (SSSR count). The molecule has 0 spiro atoms. The van der Waals surface area contributed by atoms with Gasteiger partial charge in [0.2, 0.25) is 12.7 Å². The van der Waals surface area contributed by atoms with Crippen LogP contribution in [0, 0.1) is 0 Å². The average molecular weight is 518 g/mol. The number of hydrogen-bond donors (Lipinski definition) is 1. The number of oxazole rings is 1. The van der Waals surface area contributed by atoms with Crippen molar-refractivity contribution in [3.8, 4) is 11.5 Å². The summed E-state index contributed by atoms with van der Waals surface area (Å²) in [5.41, 5.74) is 2.14. The highest BCUT2D eigenvalue weighted by atomic mass is 35.5. The van der Waals surface area contributed by atoms with Crippen molar-refractivity contribution in [3.63, 3.8) is 0 Å². The molecule has 0 aliphatic carbocycles. The van der Waals surface area contributed by atoms with Gasteiger partial charge in [0.1, 0.15) is 6.26 Å². The second-order valence-electron chi connectivity index (χ2n) is 8.52. The Bertz CT molecular complexity index is 1200. The summed E-state index contributed by atoms with van der Waals surface area (Å²) >= 11 is 12.7. The van der Waals surface area contributed by atoms with Gasteiger partial charge < -0.3 is 23.9 Å². The molecular formula is C25H25Cl2N3O5. The van der Waals surface area contributed by atoms with E-state index >= 15 is 0 Å². The molecule has 184 valence electrons. The zero-order valence-corrected chi connectivity index (χ0v) is 20.5. The molecule has 0 radical (unpaired) electrons. The van der Waals surface area contributed by atoms with E-state index in [9.17, 15) is 4.79 Å². The predicted octanol–water partition coefficient (Wildman–Crippen LogP) is 4.82. The van der Waals surface area contributed by atoms with Crippen LogP contribution in [0.5, 0.6) is 11.5 Å². The Morgan fingerprint density at radius 1 is 1.11 bits per heavy atom. The molecule has 8 nitrogen and oxygen atoms in total. The molecule has 1 N–H and O–H groups in total. The van der Waals surface area contributed by atoms with Crippen LogP contribution in [-0.4, -0.2) is 41.8 Å². The van der Waals surface area contributed by atoms with Gasteiger partial charge in [0.25, 0.3) is 5.91 Å². The minimum Gasteiger partial charge on any atom is -0.454 e. The first kappa shape index (κ1) is 23.9. The number of amides is 1. The van der Waals surface area contributed by atoms with Crippen LogP contribution in [0.15, 0.2) is 47.1 Å². The van der Waals surface area contributed by atoms with Gasteiger partial charge in [-0.25, -0.2) is 4.98 Å². The van der Waals surface area contributed by atoms with Crippen molar-refractivity contribution in [1.29, 1.82) is 0 Å². The lowest BCUT2D eigenvalue weighted by Crippen LogP contribution is -2.32. The third kappa shape index (κ3) is 5.90. The predicted molar refractivity (Wildman–Crippen MR) is 130 cm³/mol. The molecule has 0 saturated carbocycles. The van der Waals surface area contributed by atoms with Gasteiger partial charge in [-0.1, -0.05) is 41.4 Å². The second-order valence-corrected chi connectivity index (χ2v) is 9.30. The van der Waals surface area contributed by atoms with E-state index in [4.69, 9.17) is 41.8 Å². The molecule has 10 heteroatoms. The van der Waals surface area contributed by atoms with Crippen LogP contribution in [-0.2, 0) is 24.4 Å². The van der Waals surface area contributed by atoms with Crippen LogP contribution in [0.3, 0.4) is 0 Å². The molecule has 1 fully saturated rings. The van der Waals surface area contributed by atoms with Gasteiger partial charge in [-0.2, -0.15) is 0 Å². The summed E-state index contributed by atoms with van der Waals surface area (Å²) in [5.74, 6) is 1.58. The maximum absolute atomic E-state index is 12.5. The van der Waals surface area contributed by atoms with Crippen molar-refractivity contribution < 1.29 is 23.4 Å². The fraction of sp³-hybridized carbons (Fsp3) is 0.360. The van der Waals surface area contributed by atoms with Gasteiger partial charge in [0.05, 0.1) is 22.7 Å². The van der Waals surface area contributed by atoms with Gasteiger partial charge in [0, 0.05) is 26.2 Å². The van der Waals surface area contributed by atoms with Crippen LogP contribution in [0.4, 0.5) is 0 Å². The molecule has 3 heterocycles. The van der Waals surface area contributed by atoms with Crippen molar-refractivity contribution in [1.82, 2.24) is 15.2 Å². The Morgan fingerprint density at radius 3 is 2.86 bits per heavy atom. The normalized spacial score (nSPS) is 16.7. The van der Waals surface area contributed by atoms with E-state index in [1.54, 1.807) is 6.07 Å². The fourth-order valence-electron chi connectivity index (χ4n) is 4.16. The minimum atomic E-state index is -0.282. The number of halogens is 2. The highest BCUT2D eigenvalue weighted by Gasteiger charge is 2.21. The number of nitrogens with zero attached hydrogens (tertiary/aromatic N) is 2. The third-order valence-electron chi connectivity index (χ3n) is 5.93. The Kier molecular flexibility index (Phi) is 7.43. The molecule has 1 saturated heterocycles. The fourth-order valence-corrected chi connectivity index (χ4v) is 4.54. The summed E-state index contributed by atoms with van der Waals surface area (Å²) in [4.78, 5) is 19.0. The molecule has 35 heavy (non-hydrogen) atoms. The Balaban J connectivity index is 1.30. The molecule has 2 aliphatic rings. The van der Waals surface area contributed by atoms with Crippen LogP contribution in [0.25, 0.3) is 0 Å². The number of nitrogens with one attached hydrogen (secondary N) is 1. The SMILES string of the molecule is O=C(NCC1CCCO1)c1coc(CN(Cc2ccc3c(c2)OCO3)Cc2cccc(Cl)c2Cl)n1. The van der Waals surface area contributed by atoms with E-state index in [-0.39, 0.29) is 24.5 Å². The molecule has 3 aromatic rings. The van der Waals surface area contributed by atoms with E-state index in [0.717, 1.165) is 36.3 Å². The van der Waals surface area contributed by atoms with Crippen molar-refractivity contribution in [2.75, 3.05) is 19.9 Å². The molecule has 2 aliphatic heterocycles. The summed E-state index contributed by atoms with van der Waals surface area (Å²) in [6.45, 7) is 2.83. The second kappa shape index (κ2) is 10.9. The Morgan fingerprint density at radius 2 is 2.00 bits per heavy atom. The third-order valence-corrected chi connectivity index (χ3v) is 6.78. The first-order valence-corrected chi connectivity index (χ1v) is 12.2. The highest BCUT2D eigenvalue weighted by Crippen LogP contribution is 2.33. The lowest BCUT2D eigenvalue weighted by molar-refractivity contribution is 0.0853. The number of carbonyl (C=O) groups excluding carboxylic acids is 1. The van der Waals surface area contributed by atoms with Crippen molar-refractivity contribution in [3.05, 3.63) is 75.4 Å². The first-order chi connectivity index (χ1) is 17.0. The summed E-state index contributed by atoms with van der Waals surface area (Å²) < 4.78 is 22.1. The molecule has 0 bridgehead atoms. The van der Waals surface area contributed by atoms with E-state index in [1.807, 2.05) is 30.3 Å². The number of fused-ring (bicyclic) bond motifs is 1. The number of hydrogen-bond acceptors (Lipinski definition) is 7. The van der Waals surface area contributed by atoms with E-state index in [2.05, 4.69) is 15.2 Å². The monoisotopic (exact) mass is 517 g/mol. The van der Waals surface area contributed by atoms with E-state index < -0.39 is 0 Å². The number of carbonyl (C=O) groups is 1. The average Bonchev–Trinajstić information content (AvgIpc) is 3.62. The van der Waals surface area contributed by atoms with Gasteiger partial charge in [-0.15, -0.1) is 0 Å². The lowest BCUT2D eigenvalue weighted by atomic mass is 10.1. The quantitative estimate of drug-likeness (QED) is 0.435. The Labute approximate surface area is 213 Å². The standard InChI is InChI=1S/C25H25Cl2N3O5/c26-19-5-1-3-17(24(19)27)12-30(11-16-6-7-21-22(9-16)35-15-34-21)13-23-29-20(14-33-23)25(31)28-10-18-4-2-8-32-18/h1,3,5-7,9,14,18H,2,4,8,10-13,15H2,(H,28,31). The van der Waals surface area contributed by atoms with E-state index in [0.29, 0.717) is 47.9 Å². The molecule has 1 unspecified atom stereocenters. The number of benzene rings is 2. The molecule has 1 atom stereocenters. The maximum atomic E-state index is 12.5. The number of rotatable bonds is 9. The molecule has 2 aromatic carbocycles. The summed E-state index contributed by atoms with van der Waals surface area (Å²) in [7, 11) is 0. The first-order valence-electron chi connectivity index (χ1n) is 11.4. The molecule has 1 amide bonds. The minimum absolute atomic E-state index is 0.0601. The number of aromatic nitrogens is 1. The summed E-state index contributed by atoms with van der Waals surface area (Å²) in [5, 5.41) is 3.87. The van der Waals surface area contributed by atoms with Crippen LogP contribution in [0.2, 0.25) is 10.0 Å². The van der Waals surface area contributed by atoms with Gasteiger partial charge in [-0.3, -0.25) is 9.69 Å². The largest absolute Gasteiger partial charge is 0.454 e. The van der Waals surface area contributed by atoms with Crippen molar-refractivity contribution >= 4 is 29.1 Å². The van der Waals surface area contributed by atoms with Gasteiger partial charge >= 0.3 is 0 Å². The van der Waals surface area contributed by atoms with Crippen molar-refractivity contribution in [2.45, 2.75) is 38.6 Å². The van der Waals surface area contributed by atoms with Crippen molar-refractivity contribution in [2.24, 2.45) is 0 Å². The van der Waals surface area contributed by atoms with Crippen LogP contribution in [0.1, 0.15) is 40.3 Å². The highest BCUT2D eigenvalue weighted by molar-refractivity contribution is 6.42. The zero-order valence-electron chi connectivity index (χ0n) is 19.0. The summed E-state index contributed by atoms with van der Waals surface area (Å²) in [6, 6.07) is 11.4. The topological polar surface area (TPSA) is 86.1 Å². The summed E-state index contributed by atoms with van der Waals surface area (Å²) in [6.07, 6.45) is 3.41. The zero-order chi connectivity index (χ0) is 24.2. The van der Waals surface area contributed by atoms with Gasteiger partial charge in [-0.05, 0) is 42.2 Å². The smallest absolute Gasteiger partial charge is 0.273 e. The Hall–Kier alpha value is -2.78.